The summed E-state index contributed by atoms with van der Waals surface area (Å²) < 4.78 is 41.5. The van der Waals surface area contributed by atoms with Gasteiger partial charge in [-0.25, -0.2) is 4.79 Å². The number of thioether (sulfide) groups is 1. The standard InChI is InChI=1S/C15H9F3N2O3S2/c16-15(17,18)25-11-3-1-9(2-4-11)14(22)23-8-12(21)20-13-10(7-19)5-6-24-13/h1-6H,8H2,(H,20,21). The number of amides is 1. The quantitative estimate of drug-likeness (QED) is 0.620. The van der Waals surface area contributed by atoms with Crippen molar-refractivity contribution in [3.63, 3.8) is 0 Å². The first-order valence-electron chi connectivity index (χ1n) is 6.59. The molecule has 0 atom stereocenters. The summed E-state index contributed by atoms with van der Waals surface area (Å²) in [7, 11) is 0. The molecule has 1 amide bonds. The maximum Gasteiger partial charge on any atom is 0.446 e. The van der Waals surface area contributed by atoms with Gasteiger partial charge in [-0.05, 0) is 47.5 Å². The van der Waals surface area contributed by atoms with Crippen LogP contribution in [0.15, 0.2) is 40.6 Å². The molecule has 1 aromatic carbocycles. The molecule has 5 nitrogen and oxygen atoms in total. The molecule has 0 saturated heterocycles. The third-order valence-corrected chi connectivity index (χ3v) is 4.27. The molecular formula is C15H9F3N2O3S2. The van der Waals surface area contributed by atoms with E-state index in [1.165, 1.54) is 18.2 Å². The first-order chi connectivity index (χ1) is 11.8. The number of ether oxygens (including phenoxy) is 1. The lowest BCUT2D eigenvalue weighted by Gasteiger charge is -2.07. The zero-order chi connectivity index (χ0) is 18.4. The highest BCUT2D eigenvalue weighted by molar-refractivity contribution is 8.00. The van der Waals surface area contributed by atoms with E-state index >= 15 is 0 Å². The number of halogens is 3. The van der Waals surface area contributed by atoms with Crippen molar-refractivity contribution in [1.29, 1.82) is 5.26 Å². The highest BCUT2D eigenvalue weighted by atomic mass is 32.2. The van der Waals surface area contributed by atoms with E-state index < -0.39 is 24.0 Å². The fraction of sp³-hybridized carbons (Fsp3) is 0.133. The van der Waals surface area contributed by atoms with Gasteiger partial charge < -0.3 is 10.1 Å². The summed E-state index contributed by atoms with van der Waals surface area (Å²) in [5.41, 5.74) is -4.10. The minimum absolute atomic E-state index is 0.0214. The molecule has 130 valence electrons. The monoisotopic (exact) mass is 386 g/mol. The predicted octanol–water partition coefficient (Wildman–Crippen LogP) is 4.03. The highest BCUT2D eigenvalue weighted by Crippen LogP contribution is 2.36. The second kappa shape index (κ2) is 8.04. The number of nitriles is 1. The van der Waals surface area contributed by atoms with Crippen LogP contribution >= 0.6 is 23.1 Å². The van der Waals surface area contributed by atoms with Crippen molar-refractivity contribution < 1.29 is 27.5 Å². The molecule has 0 radical (unpaired) electrons. The van der Waals surface area contributed by atoms with E-state index in [0.717, 1.165) is 23.5 Å². The number of carbonyl (C=O) groups is 2. The van der Waals surface area contributed by atoms with Crippen molar-refractivity contribution in [2.75, 3.05) is 11.9 Å². The van der Waals surface area contributed by atoms with Crippen molar-refractivity contribution >= 4 is 40.0 Å². The van der Waals surface area contributed by atoms with Gasteiger partial charge in [-0.1, -0.05) is 0 Å². The van der Waals surface area contributed by atoms with E-state index in [1.54, 1.807) is 5.38 Å². The first kappa shape index (κ1) is 18.8. The van der Waals surface area contributed by atoms with Gasteiger partial charge in [-0.2, -0.15) is 18.4 Å². The Labute approximate surface area is 148 Å². The van der Waals surface area contributed by atoms with Crippen molar-refractivity contribution in [1.82, 2.24) is 0 Å². The fourth-order valence-electron chi connectivity index (χ4n) is 1.66. The van der Waals surface area contributed by atoms with Gasteiger partial charge in [0, 0.05) is 4.90 Å². The van der Waals surface area contributed by atoms with Gasteiger partial charge in [0.15, 0.2) is 6.61 Å². The fourth-order valence-corrected chi connectivity index (χ4v) is 2.96. The number of rotatable bonds is 5. The number of alkyl halides is 3. The molecule has 1 N–H and O–H groups in total. The Kier molecular flexibility index (Phi) is 6.06. The summed E-state index contributed by atoms with van der Waals surface area (Å²) in [5, 5.41) is 13.2. The van der Waals surface area contributed by atoms with Gasteiger partial charge in [0.05, 0.1) is 11.1 Å². The van der Waals surface area contributed by atoms with Crippen LogP contribution in [0.5, 0.6) is 0 Å². The molecule has 0 fully saturated rings. The van der Waals surface area contributed by atoms with E-state index in [4.69, 9.17) is 10.00 Å². The zero-order valence-electron chi connectivity index (χ0n) is 12.3. The molecule has 10 heteroatoms. The predicted molar refractivity (Wildman–Crippen MR) is 86.3 cm³/mol. The lowest BCUT2D eigenvalue weighted by Crippen LogP contribution is -2.20. The number of carbonyl (C=O) groups excluding carboxylic acids is 2. The number of thiophene rings is 1. The Morgan fingerprint density at radius 3 is 2.52 bits per heavy atom. The summed E-state index contributed by atoms with van der Waals surface area (Å²) >= 11 is 0.854. The molecule has 1 heterocycles. The molecule has 1 aromatic heterocycles. The Morgan fingerprint density at radius 2 is 1.92 bits per heavy atom. The number of benzene rings is 1. The second-order valence-corrected chi connectivity index (χ2v) is 6.53. The van der Waals surface area contributed by atoms with Crippen LogP contribution in [-0.4, -0.2) is 24.0 Å². The molecule has 0 unspecified atom stereocenters. The number of hydrogen-bond acceptors (Lipinski definition) is 6. The van der Waals surface area contributed by atoms with E-state index in [2.05, 4.69) is 5.32 Å². The number of anilines is 1. The normalized spacial score (nSPS) is 10.8. The van der Waals surface area contributed by atoms with Gasteiger partial charge >= 0.3 is 11.5 Å². The van der Waals surface area contributed by atoms with Crippen LogP contribution in [0, 0.1) is 11.3 Å². The van der Waals surface area contributed by atoms with E-state index in [0.29, 0.717) is 10.6 Å². The van der Waals surface area contributed by atoms with Gasteiger partial charge in [-0.15, -0.1) is 11.3 Å². The molecule has 0 aliphatic carbocycles. The molecule has 25 heavy (non-hydrogen) atoms. The lowest BCUT2D eigenvalue weighted by atomic mass is 10.2. The van der Waals surface area contributed by atoms with Gasteiger partial charge in [0.2, 0.25) is 0 Å². The topological polar surface area (TPSA) is 79.2 Å². The molecule has 0 aliphatic heterocycles. The number of esters is 1. The summed E-state index contributed by atoms with van der Waals surface area (Å²) in [4.78, 5) is 23.4. The molecule has 2 rings (SSSR count). The average molecular weight is 386 g/mol. The van der Waals surface area contributed by atoms with E-state index in [1.807, 2.05) is 6.07 Å². The van der Waals surface area contributed by atoms with Gasteiger partial charge in [-0.3, -0.25) is 4.79 Å². The maximum absolute atomic E-state index is 12.2. The smallest absolute Gasteiger partial charge is 0.446 e. The van der Waals surface area contributed by atoms with Crippen LogP contribution in [-0.2, 0) is 9.53 Å². The van der Waals surface area contributed by atoms with Crippen LogP contribution in [0.4, 0.5) is 18.2 Å². The highest BCUT2D eigenvalue weighted by Gasteiger charge is 2.29. The van der Waals surface area contributed by atoms with Crippen LogP contribution < -0.4 is 5.32 Å². The average Bonchev–Trinajstić information content (AvgIpc) is 2.99. The van der Waals surface area contributed by atoms with Crippen molar-refractivity contribution in [2.24, 2.45) is 0 Å². The number of nitrogens with one attached hydrogen (secondary N) is 1. The van der Waals surface area contributed by atoms with Crippen LogP contribution in [0.2, 0.25) is 0 Å². The molecule has 0 spiro atoms. The van der Waals surface area contributed by atoms with Crippen molar-refractivity contribution in [2.45, 2.75) is 10.4 Å². The Morgan fingerprint density at radius 1 is 1.24 bits per heavy atom. The Hall–Kier alpha value is -2.51. The minimum atomic E-state index is -4.41. The molecule has 0 bridgehead atoms. The largest absolute Gasteiger partial charge is 0.452 e. The van der Waals surface area contributed by atoms with Gasteiger partial charge in [0.1, 0.15) is 11.1 Å². The maximum atomic E-state index is 12.2. The molecule has 2 aromatic rings. The molecule has 0 saturated carbocycles. The number of hydrogen-bond donors (Lipinski definition) is 1. The van der Waals surface area contributed by atoms with E-state index in [9.17, 15) is 22.8 Å². The SMILES string of the molecule is N#Cc1ccsc1NC(=O)COC(=O)c1ccc(SC(F)(F)F)cc1. The second-order valence-electron chi connectivity index (χ2n) is 4.47. The minimum Gasteiger partial charge on any atom is -0.452 e. The summed E-state index contributed by atoms with van der Waals surface area (Å²) in [6, 6.07) is 8.07. The number of nitrogens with zero attached hydrogens (tertiary/aromatic N) is 1. The molecular weight excluding hydrogens is 377 g/mol. The lowest BCUT2D eigenvalue weighted by molar-refractivity contribution is -0.119. The van der Waals surface area contributed by atoms with Crippen LogP contribution in [0.3, 0.4) is 0 Å². The molecule has 0 aliphatic rings. The Balaban J connectivity index is 1.87. The van der Waals surface area contributed by atoms with Crippen molar-refractivity contribution in [3.05, 3.63) is 46.8 Å². The van der Waals surface area contributed by atoms with E-state index in [-0.39, 0.29) is 22.2 Å². The summed E-state index contributed by atoms with van der Waals surface area (Å²) in [6.45, 7) is -0.583. The van der Waals surface area contributed by atoms with Crippen molar-refractivity contribution in [3.8, 4) is 6.07 Å². The first-order valence-corrected chi connectivity index (χ1v) is 8.28. The summed E-state index contributed by atoms with van der Waals surface area (Å²) in [6.07, 6.45) is 0. The third-order valence-electron chi connectivity index (χ3n) is 2.70. The third kappa shape index (κ3) is 5.81. The van der Waals surface area contributed by atoms with Crippen LogP contribution in [0.25, 0.3) is 0 Å². The Bertz CT molecular complexity index is 811. The zero-order valence-corrected chi connectivity index (χ0v) is 13.9. The van der Waals surface area contributed by atoms with Gasteiger partial charge in [0.25, 0.3) is 5.91 Å². The van der Waals surface area contributed by atoms with Crippen LogP contribution in [0.1, 0.15) is 15.9 Å². The summed E-state index contributed by atoms with van der Waals surface area (Å²) in [5.74, 6) is -1.47.